The summed E-state index contributed by atoms with van der Waals surface area (Å²) in [7, 11) is 0. The Morgan fingerprint density at radius 1 is 1.29 bits per heavy atom. The van der Waals surface area contributed by atoms with Crippen LogP contribution in [0.2, 0.25) is 0 Å². The van der Waals surface area contributed by atoms with Gasteiger partial charge in [0.05, 0.1) is 13.2 Å². The first kappa shape index (κ1) is 16.8. The van der Waals surface area contributed by atoms with Crippen LogP contribution in [-0.2, 0) is 4.79 Å². The fourth-order valence-corrected chi connectivity index (χ4v) is 1.78. The highest BCUT2D eigenvalue weighted by molar-refractivity contribution is 6.03. The van der Waals surface area contributed by atoms with Crippen LogP contribution in [0.5, 0.6) is 5.75 Å². The first-order valence-corrected chi connectivity index (χ1v) is 6.85. The maximum absolute atomic E-state index is 12.2. The van der Waals surface area contributed by atoms with Crippen LogP contribution in [-0.4, -0.2) is 30.5 Å². The number of amides is 2. The van der Waals surface area contributed by atoms with Crippen molar-refractivity contribution in [2.24, 2.45) is 0 Å². The fraction of sp³-hybridized carbons (Fsp3) is 0.467. The molecule has 1 aromatic rings. The molecule has 0 aromatic heterocycles. The van der Waals surface area contributed by atoms with Crippen molar-refractivity contribution in [2.45, 2.75) is 33.2 Å². The number of carbonyl (C=O) groups excluding carboxylic acids is 2. The Labute approximate surface area is 125 Å². The van der Waals surface area contributed by atoms with E-state index in [9.17, 15) is 9.59 Å². The first-order chi connectivity index (χ1) is 9.74. The zero-order chi connectivity index (χ0) is 16.0. The number of carbonyl (C=O) groups is 2. The van der Waals surface area contributed by atoms with Crippen molar-refractivity contribution < 1.29 is 14.3 Å². The molecule has 0 aliphatic carbocycles. The molecule has 0 fully saturated rings. The highest BCUT2D eigenvalue weighted by Gasteiger charge is 2.18. The third kappa shape index (κ3) is 5.33. The Morgan fingerprint density at radius 3 is 2.52 bits per heavy atom. The molecule has 0 saturated carbocycles. The minimum Gasteiger partial charge on any atom is -0.493 e. The van der Waals surface area contributed by atoms with Gasteiger partial charge in [-0.25, -0.2) is 0 Å². The van der Waals surface area contributed by atoms with E-state index in [1.165, 1.54) is 0 Å². The third-order valence-corrected chi connectivity index (χ3v) is 2.51. The maximum Gasteiger partial charge on any atom is 0.257 e. The molecule has 116 valence electrons. The van der Waals surface area contributed by atoms with Gasteiger partial charge in [0, 0.05) is 11.2 Å². The summed E-state index contributed by atoms with van der Waals surface area (Å²) < 4.78 is 5.38. The van der Waals surface area contributed by atoms with Crippen LogP contribution in [0.25, 0.3) is 0 Å². The summed E-state index contributed by atoms with van der Waals surface area (Å²) in [5.41, 5.74) is 6.04. The number of hydrogen-bond acceptors (Lipinski definition) is 4. The summed E-state index contributed by atoms with van der Waals surface area (Å²) in [5.74, 6) is -0.282. The standard InChI is InChI=1S/C15H23N3O3/c1-5-21-11-8-6-7-10(16)13(11)14(20)17-9-12(19)18-15(2,3)4/h6-8H,5,9,16H2,1-4H3,(H,17,20)(H,18,19). The number of anilines is 1. The molecule has 0 atom stereocenters. The lowest BCUT2D eigenvalue weighted by Crippen LogP contribution is -2.45. The summed E-state index contributed by atoms with van der Waals surface area (Å²) >= 11 is 0. The molecule has 0 unspecified atom stereocenters. The SMILES string of the molecule is CCOc1cccc(N)c1C(=O)NCC(=O)NC(C)(C)C. The molecule has 21 heavy (non-hydrogen) atoms. The molecule has 1 rings (SSSR count). The lowest BCUT2D eigenvalue weighted by atomic mass is 10.1. The van der Waals surface area contributed by atoms with E-state index < -0.39 is 5.91 Å². The number of benzene rings is 1. The van der Waals surface area contributed by atoms with E-state index in [2.05, 4.69) is 10.6 Å². The van der Waals surface area contributed by atoms with Gasteiger partial charge in [0.25, 0.3) is 5.91 Å². The van der Waals surface area contributed by atoms with Gasteiger partial charge in [-0.05, 0) is 39.8 Å². The van der Waals surface area contributed by atoms with Gasteiger partial charge in [0.2, 0.25) is 5.91 Å². The van der Waals surface area contributed by atoms with Crippen molar-refractivity contribution in [3.05, 3.63) is 23.8 Å². The molecular formula is C15H23N3O3. The second-order valence-electron chi connectivity index (χ2n) is 5.63. The van der Waals surface area contributed by atoms with Crippen molar-refractivity contribution in [1.29, 1.82) is 0 Å². The topological polar surface area (TPSA) is 93.4 Å². The average molecular weight is 293 g/mol. The van der Waals surface area contributed by atoms with Crippen LogP contribution in [0.15, 0.2) is 18.2 Å². The van der Waals surface area contributed by atoms with Crippen molar-refractivity contribution >= 4 is 17.5 Å². The Morgan fingerprint density at radius 2 is 1.95 bits per heavy atom. The zero-order valence-electron chi connectivity index (χ0n) is 12.9. The summed E-state index contributed by atoms with van der Waals surface area (Å²) in [6, 6.07) is 5.00. The summed E-state index contributed by atoms with van der Waals surface area (Å²) in [6.07, 6.45) is 0. The zero-order valence-corrected chi connectivity index (χ0v) is 12.9. The quantitative estimate of drug-likeness (QED) is 0.714. The predicted molar refractivity (Wildman–Crippen MR) is 82.3 cm³/mol. The second kappa shape index (κ2) is 6.97. The highest BCUT2D eigenvalue weighted by atomic mass is 16.5. The number of nitrogens with two attached hydrogens (primary N) is 1. The van der Waals surface area contributed by atoms with Crippen molar-refractivity contribution in [1.82, 2.24) is 10.6 Å². The second-order valence-corrected chi connectivity index (χ2v) is 5.63. The van der Waals surface area contributed by atoms with E-state index in [4.69, 9.17) is 10.5 Å². The smallest absolute Gasteiger partial charge is 0.257 e. The van der Waals surface area contributed by atoms with Crippen molar-refractivity contribution in [3.8, 4) is 5.75 Å². The van der Waals surface area contributed by atoms with Crippen molar-refractivity contribution in [2.75, 3.05) is 18.9 Å². The number of rotatable bonds is 5. The normalized spacial score (nSPS) is 10.9. The van der Waals surface area contributed by atoms with Crippen LogP contribution in [0.3, 0.4) is 0 Å². The first-order valence-electron chi connectivity index (χ1n) is 6.85. The molecule has 0 bridgehead atoms. The van der Waals surface area contributed by atoms with E-state index in [0.717, 1.165) is 0 Å². The summed E-state index contributed by atoms with van der Waals surface area (Å²) in [4.78, 5) is 23.9. The van der Waals surface area contributed by atoms with E-state index in [0.29, 0.717) is 18.0 Å². The molecule has 0 heterocycles. The fourth-order valence-electron chi connectivity index (χ4n) is 1.78. The molecule has 0 saturated heterocycles. The van der Waals surface area contributed by atoms with Crippen molar-refractivity contribution in [3.63, 3.8) is 0 Å². The molecule has 0 spiro atoms. The third-order valence-electron chi connectivity index (χ3n) is 2.51. The molecule has 6 nitrogen and oxygen atoms in total. The average Bonchev–Trinajstić information content (AvgIpc) is 2.34. The lowest BCUT2D eigenvalue weighted by molar-refractivity contribution is -0.121. The Balaban J connectivity index is 2.74. The monoisotopic (exact) mass is 293 g/mol. The lowest BCUT2D eigenvalue weighted by Gasteiger charge is -2.20. The maximum atomic E-state index is 12.2. The van der Waals surface area contributed by atoms with Gasteiger partial charge in [0.15, 0.2) is 0 Å². The molecule has 1 aromatic carbocycles. The summed E-state index contributed by atoms with van der Waals surface area (Å²) in [5, 5.41) is 5.31. The minimum atomic E-state index is -0.430. The Kier molecular flexibility index (Phi) is 5.58. The molecule has 2 amide bonds. The minimum absolute atomic E-state index is 0.115. The van der Waals surface area contributed by atoms with Gasteiger partial charge >= 0.3 is 0 Å². The number of ether oxygens (including phenoxy) is 1. The van der Waals surface area contributed by atoms with Gasteiger partial charge in [-0.3, -0.25) is 9.59 Å². The van der Waals surface area contributed by atoms with Crippen LogP contribution in [0.1, 0.15) is 38.1 Å². The van der Waals surface area contributed by atoms with Crippen LogP contribution in [0, 0.1) is 0 Å². The van der Waals surface area contributed by atoms with Gasteiger partial charge in [0.1, 0.15) is 11.3 Å². The molecule has 4 N–H and O–H groups in total. The van der Waals surface area contributed by atoms with Gasteiger partial charge in [-0.2, -0.15) is 0 Å². The summed E-state index contributed by atoms with van der Waals surface area (Å²) in [6.45, 7) is 7.74. The molecule has 6 heteroatoms. The molecule has 0 aliphatic heterocycles. The number of nitrogens with one attached hydrogen (secondary N) is 2. The Bertz CT molecular complexity index is 521. The van der Waals surface area contributed by atoms with E-state index in [1.807, 2.05) is 27.7 Å². The van der Waals surface area contributed by atoms with Crippen LogP contribution >= 0.6 is 0 Å². The molecule has 0 aliphatic rings. The molecule has 0 radical (unpaired) electrons. The largest absolute Gasteiger partial charge is 0.493 e. The number of hydrogen-bond donors (Lipinski definition) is 3. The van der Waals surface area contributed by atoms with Gasteiger partial charge in [-0.1, -0.05) is 6.07 Å². The van der Waals surface area contributed by atoms with E-state index >= 15 is 0 Å². The van der Waals surface area contributed by atoms with E-state index in [-0.39, 0.29) is 23.6 Å². The predicted octanol–water partition coefficient (Wildman–Crippen LogP) is 1.31. The van der Waals surface area contributed by atoms with E-state index in [1.54, 1.807) is 18.2 Å². The highest BCUT2D eigenvalue weighted by Crippen LogP contribution is 2.24. The Hall–Kier alpha value is -2.24. The number of nitrogen functional groups attached to an aromatic ring is 1. The van der Waals surface area contributed by atoms with Crippen LogP contribution in [0.4, 0.5) is 5.69 Å². The van der Waals surface area contributed by atoms with Crippen LogP contribution < -0.4 is 21.1 Å². The van der Waals surface area contributed by atoms with Gasteiger partial charge in [-0.15, -0.1) is 0 Å². The van der Waals surface area contributed by atoms with Gasteiger partial charge < -0.3 is 21.1 Å². The molecular weight excluding hydrogens is 270 g/mol.